The third kappa shape index (κ3) is 5.70. The molecule has 0 radical (unpaired) electrons. The number of morpholine rings is 1. The number of aromatic nitrogens is 2. The van der Waals surface area contributed by atoms with Gasteiger partial charge >= 0.3 is 0 Å². The largest absolute Gasteiger partial charge is 0.378 e. The minimum absolute atomic E-state index is 0.467. The van der Waals surface area contributed by atoms with E-state index in [1.165, 1.54) is 5.69 Å². The van der Waals surface area contributed by atoms with Crippen LogP contribution in [0.5, 0.6) is 0 Å². The maximum atomic E-state index is 5.40. The van der Waals surface area contributed by atoms with E-state index in [0.717, 1.165) is 32.0 Å². The van der Waals surface area contributed by atoms with Crippen molar-refractivity contribution in [3.05, 3.63) is 71.5 Å². The summed E-state index contributed by atoms with van der Waals surface area (Å²) >= 11 is 3.46. The molecule has 0 saturated carbocycles. The summed E-state index contributed by atoms with van der Waals surface area (Å²) < 4.78 is 6.12. The number of nitrogens with one attached hydrogen (secondary N) is 2. The zero-order valence-corrected chi connectivity index (χ0v) is 17.6. The van der Waals surface area contributed by atoms with Gasteiger partial charge < -0.3 is 20.3 Å². The molecule has 0 unspecified atom stereocenters. The molecular weight excluding hydrogens is 430 g/mol. The van der Waals surface area contributed by atoms with Crippen LogP contribution in [-0.4, -0.2) is 36.3 Å². The first-order valence-electron chi connectivity index (χ1n) is 9.08. The van der Waals surface area contributed by atoms with Crippen LogP contribution in [-0.2, 0) is 4.74 Å². The number of hydrogen-bond acceptors (Lipinski definition) is 6. The van der Waals surface area contributed by atoms with Gasteiger partial charge in [-0.05, 0) is 52.3 Å². The van der Waals surface area contributed by atoms with Gasteiger partial charge in [0.05, 0.1) is 17.7 Å². The molecule has 1 fully saturated rings. The van der Waals surface area contributed by atoms with Crippen molar-refractivity contribution < 1.29 is 4.74 Å². The quantitative estimate of drug-likeness (QED) is 0.477. The van der Waals surface area contributed by atoms with Crippen LogP contribution in [0.4, 0.5) is 23.1 Å². The van der Waals surface area contributed by atoms with E-state index in [1.54, 1.807) is 18.3 Å². The minimum Gasteiger partial charge on any atom is -0.378 e. The predicted octanol–water partition coefficient (Wildman–Crippen LogP) is 4.49. The van der Waals surface area contributed by atoms with E-state index < -0.39 is 0 Å². The van der Waals surface area contributed by atoms with Crippen LogP contribution in [0.15, 0.2) is 71.5 Å². The standard InChI is InChI=1S/C22H22BrN5O/c1-4-16(3)14-17(5-2)25-21-20(23)15-24-22(27-21)26-18-6-8-19(9-7-18)28-10-12-29-13-11-28/h1,5-9,14-15H,2-3,10-13H2,(H2,24,25,26,27)/b17-14+. The molecule has 2 aromatic rings. The Morgan fingerprint density at radius 3 is 2.66 bits per heavy atom. The van der Waals surface area contributed by atoms with Gasteiger partial charge in [0.2, 0.25) is 5.95 Å². The van der Waals surface area contributed by atoms with Crippen molar-refractivity contribution in [3.63, 3.8) is 0 Å². The molecule has 1 aromatic heterocycles. The van der Waals surface area contributed by atoms with E-state index in [4.69, 9.17) is 11.2 Å². The van der Waals surface area contributed by atoms with Gasteiger partial charge in [0.15, 0.2) is 0 Å². The Hall–Kier alpha value is -3.08. The van der Waals surface area contributed by atoms with Crippen molar-refractivity contribution in [2.45, 2.75) is 0 Å². The molecule has 1 aromatic carbocycles. The first kappa shape index (κ1) is 20.6. The van der Waals surface area contributed by atoms with Crippen LogP contribution in [0.25, 0.3) is 0 Å². The molecule has 1 aliphatic heterocycles. The zero-order chi connectivity index (χ0) is 20.6. The summed E-state index contributed by atoms with van der Waals surface area (Å²) in [7, 11) is 0. The smallest absolute Gasteiger partial charge is 0.229 e. The van der Waals surface area contributed by atoms with Crippen LogP contribution < -0.4 is 15.5 Å². The second kappa shape index (κ2) is 9.92. The summed E-state index contributed by atoms with van der Waals surface area (Å²) in [5.74, 6) is 3.53. The van der Waals surface area contributed by atoms with Crippen LogP contribution >= 0.6 is 15.9 Å². The summed E-state index contributed by atoms with van der Waals surface area (Å²) in [6.45, 7) is 10.9. The van der Waals surface area contributed by atoms with E-state index in [-0.39, 0.29) is 0 Å². The second-order valence-electron chi connectivity index (χ2n) is 6.26. The predicted molar refractivity (Wildman–Crippen MR) is 122 cm³/mol. The molecule has 1 saturated heterocycles. The fourth-order valence-corrected chi connectivity index (χ4v) is 3.02. The fourth-order valence-electron chi connectivity index (χ4n) is 2.73. The number of halogens is 1. The number of ether oxygens (including phenoxy) is 1. The Labute approximate surface area is 179 Å². The molecule has 7 heteroatoms. The first-order valence-corrected chi connectivity index (χ1v) is 9.87. The Balaban J connectivity index is 1.72. The highest BCUT2D eigenvalue weighted by Gasteiger charge is 2.11. The summed E-state index contributed by atoms with van der Waals surface area (Å²) in [5, 5.41) is 6.39. The molecule has 2 heterocycles. The van der Waals surface area contributed by atoms with E-state index in [0.29, 0.717) is 27.5 Å². The number of rotatable bonds is 7. The van der Waals surface area contributed by atoms with Gasteiger partial charge in [0.25, 0.3) is 0 Å². The summed E-state index contributed by atoms with van der Waals surface area (Å²) in [6, 6.07) is 8.18. The van der Waals surface area contributed by atoms with Gasteiger partial charge in [0, 0.05) is 41.9 Å². The monoisotopic (exact) mass is 451 g/mol. The van der Waals surface area contributed by atoms with E-state index in [2.05, 4.69) is 72.6 Å². The van der Waals surface area contributed by atoms with Gasteiger partial charge in [-0.1, -0.05) is 19.1 Å². The Morgan fingerprint density at radius 2 is 2.00 bits per heavy atom. The second-order valence-corrected chi connectivity index (χ2v) is 7.11. The lowest BCUT2D eigenvalue weighted by Gasteiger charge is -2.28. The lowest BCUT2D eigenvalue weighted by Crippen LogP contribution is -2.36. The van der Waals surface area contributed by atoms with Crippen LogP contribution in [0.2, 0.25) is 0 Å². The van der Waals surface area contributed by atoms with E-state index in [9.17, 15) is 0 Å². The van der Waals surface area contributed by atoms with Gasteiger partial charge in [-0.2, -0.15) is 4.98 Å². The average Bonchev–Trinajstić information content (AvgIpc) is 2.76. The molecule has 2 N–H and O–H groups in total. The summed E-state index contributed by atoms with van der Waals surface area (Å²) in [4.78, 5) is 11.2. The van der Waals surface area contributed by atoms with Gasteiger partial charge in [0.1, 0.15) is 5.82 Å². The first-order chi connectivity index (χ1) is 14.1. The molecule has 6 nitrogen and oxygen atoms in total. The van der Waals surface area contributed by atoms with Gasteiger partial charge in [-0.15, -0.1) is 6.42 Å². The molecule has 0 atom stereocenters. The van der Waals surface area contributed by atoms with E-state index >= 15 is 0 Å². The SMILES string of the molecule is C#CC(=C)/C=C(\C=C)Nc1nc(Nc2ccc(N3CCOCC3)cc2)ncc1Br. The van der Waals surface area contributed by atoms with Gasteiger partial charge in [-0.3, -0.25) is 0 Å². The molecule has 0 aliphatic carbocycles. The van der Waals surface area contributed by atoms with Crippen molar-refractivity contribution in [1.82, 2.24) is 9.97 Å². The number of nitrogens with zero attached hydrogens (tertiary/aromatic N) is 3. The highest BCUT2D eigenvalue weighted by molar-refractivity contribution is 9.10. The van der Waals surface area contributed by atoms with Crippen LogP contribution in [0, 0.1) is 12.3 Å². The number of hydrogen-bond donors (Lipinski definition) is 2. The molecule has 1 aliphatic rings. The third-order valence-electron chi connectivity index (χ3n) is 4.24. The normalized spacial score (nSPS) is 14.1. The highest BCUT2D eigenvalue weighted by atomic mass is 79.9. The summed E-state index contributed by atoms with van der Waals surface area (Å²) in [5.41, 5.74) is 3.30. The number of benzene rings is 1. The maximum Gasteiger partial charge on any atom is 0.229 e. The molecule has 3 rings (SSSR count). The van der Waals surface area contributed by atoms with E-state index in [1.807, 2.05) is 12.1 Å². The van der Waals surface area contributed by atoms with Crippen molar-refractivity contribution in [3.8, 4) is 12.3 Å². The molecule has 0 bridgehead atoms. The van der Waals surface area contributed by atoms with Crippen molar-refractivity contribution in [2.75, 3.05) is 41.8 Å². The molecule has 148 valence electrons. The topological polar surface area (TPSA) is 62.3 Å². The van der Waals surface area contributed by atoms with Crippen molar-refractivity contribution >= 4 is 39.1 Å². The lowest BCUT2D eigenvalue weighted by atomic mass is 10.2. The van der Waals surface area contributed by atoms with Gasteiger partial charge in [-0.25, -0.2) is 4.98 Å². The summed E-state index contributed by atoms with van der Waals surface area (Å²) in [6.07, 6.45) is 10.4. The lowest BCUT2D eigenvalue weighted by molar-refractivity contribution is 0.122. The Bertz CT molecular complexity index is 956. The maximum absolute atomic E-state index is 5.40. The van der Waals surface area contributed by atoms with Crippen LogP contribution in [0.3, 0.4) is 0 Å². The fraction of sp³-hybridized carbons (Fsp3) is 0.182. The zero-order valence-electron chi connectivity index (χ0n) is 16.0. The Kier molecular flexibility index (Phi) is 7.06. The number of anilines is 4. The molecule has 0 amide bonds. The van der Waals surface area contributed by atoms with Crippen LogP contribution in [0.1, 0.15) is 0 Å². The minimum atomic E-state index is 0.467. The Morgan fingerprint density at radius 1 is 1.28 bits per heavy atom. The molecule has 0 spiro atoms. The number of terminal acetylenes is 1. The molecule has 29 heavy (non-hydrogen) atoms. The average molecular weight is 452 g/mol. The third-order valence-corrected chi connectivity index (χ3v) is 4.82. The highest BCUT2D eigenvalue weighted by Crippen LogP contribution is 2.25. The molecular formula is C22H22BrN5O. The van der Waals surface area contributed by atoms with Crippen molar-refractivity contribution in [1.29, 1.82) is 0 Å². The van der Waals surface area contributed by atoms with Crippen molar-refractivity contribution in [2.24, 2.45) is 0 Å². The number of allylic oxidation sites excluding steroid dienone is 3.